The van der Waals surface area contributed by atoms with E-state index >= 15 is 0 Å². The van der Waals surface area contributed by atoms with Gasteiger partial charge >= 0.3 is 5.97 Å². The lowest BCUT2D eigenvalue weighted by Gasteiger charge is -2.21. The number of carbonyl (C=O) groups is 2. The van der Waals surface area contributed by atoms with E-state index in [1.54, 1.807) is 24.3 Å². The molecule has 6 heteroatoms. The van der Waals surface area contributed by atoms with Crippen molar-refractivity contribution in [2.45, 2.75) is 39.3 Å². The second-order valence-electron chi connectivity index (χ2n) is 6.31. The molecule has 2 N–H and O–H groups in total. The monoisotopic (exact) mass is 371 g/mol. The predicted molar refractivity (Wildman–Crippen MR) is 102 cm³/mol. The smallest absolute Gasteiger partial charge is 0.341 e. The Labute approximate surface area is 159 Å². The van der Waals surface area contributed by atoms with Crippen molar-refractivity contribution >= 4 is 11.9 Å². The Kier molecular flexibility index (Phi) is 7.23. The highest BCUT2D eigenvalue weighted by Crippen LogP contribution is 2.19. The van der Waals surface area contributed by atoms with Gasteiger partial charge in [-0.25, -0.2) is 4.79 Å². The summed E-state index contributed by atoms with van der Waals surface area (Å²) < 4.78 is 10.9. The van der Waals surface area contributed by atoms with E-state index in [0.29, 0.717) is 17.9 Å². The highest BCUT2D eigenvalue weighted by Gasteiger charge is 2.20. The molecule has 0 heterocycles. The molecule has 0 saturated carbocycles. The summed E-state index contributed by atoms with van der Waals surface area (Å²) in [6.07, 6.45) is -0.0264. The molecule has 2 rings (SSSR count). The Morgan fingerprint density at radius 3 is 2.41 bits per heavy atom. The number of ether oxygens (including phenoxy) is 2. The van der Waals surface area contributed by atoms with Crippen LogP contribution in [0, 0.1) is 6.92 Å². The molecule has 2 unspecified atom stereocenters. The van der Waals surface area contributed by atoms with E-state index in [-0.39, 0.29) is 18.6 Å². The quantitative estimate of drug-likeness (QED) is 0.705. The van der Waals surface area contributed by atoms with Gasteiger partial charge in [0.25, 0.3) is 5.91 Å². The molecule has 0 spiro atoms. The van der Waals surface area contributed by atoms with Gasteiger partial charge in [0.1, 0.15) is 11.5 Å². The van der Waals surface area contributed by atoms with E-state index in [0.717, 1.165) is 11.1 Å². The number of aryl methyl sites for hydroxylation is 1. The maximum Gasteiger partial charge on any atom is 0.341 e. The van der Waals surface area contributed by atoms with Crippen molar-refractivity contribution in [1.29, 1.82) is 0 Å². The van der Waals surface area contributed by atoms with Crippen molar-refractivity contribution in [3.8, 4) is 11.5 Å². The van der Waals surface area contributed by atoms with E-state index in [4.69, 9.17) is 14.6 Å². The van der Waals surface area contributed by atoms with E-state index < -0.39 is 12.1 Å². The number of carbonyl (C=O) groups excluding carboxylic acids is 1. The SMILES string of the molecule is CCC(Oc1cccc(C)c1)C(=O)NC(C)c1ccc(OCC(=O)O)cc1. The van der Waals surface area contributed by atoms with Crippen LogP contribution in [0.1, 0.15) is 37.4 Å². The third-order valence-corrected chi connectivity index (χ3v) is 4.03. The number of hydrogen-bond acceptors (Lipinski definition) is 4. The van der Waals surface area contributed by atoms with E-state index in [1.807, 2.05) is 45.0 Å². The van der Waals surface area contributed by atoms with Crippen molar-refractivity contribution in [1.82, 2.24) is 5.32 Å². The number of benzene rings is 2. The fraction of sp³-hybridized carbons (Fsp3) is 0.333. The molecular weight excluding hydrogens is 346 g/mol. The Bertz CT molecular complexity index is 772. The molecule has 144 valence electrons. The van der Waals surface area contributed by atoms with Gasteiger partial charge in [-0.1, -0.05) is 31.2 Å². The number of carboxylic acids is 1. The van der Waals surface area contributed by atoms with Crippen LogP contribution in [-0.2, 0) is 9.59 Å². The summed E-state index contributed by atoms with van der Waals surface area (Å²) in [5.74, 6) is -0.0740. The fourth-order valence-electron chi connectivity index (χ4n) is 2.56. The Morgan fingerprint density at radius 2 is 1.81 bits per heavy atom. The predicted octanol–water partition coefficient (Wildman–Crippen LogP) is 3.49. The second kappa shape index (κ2) is 9.62. The first-order valence-electron chi connectivity index (χ1n) is 8.87. The van der Waals surface area contributed by atoms with Crippen LogP contribution in [0.3, 0.4) is 0 Å². The van der Waals surface area contributed by atoms with Crippen LogP contribution in [0.2, 0.25) is 0 Å². The molecule has 6 nitrogen and oxygen atoms in total. The maximum atomic E-state index is 12.6. The molecule has 0 aliphatic heterocycles. The van der Waals surface area contributed by atoms with Gasteiger partial charge in [0.2, 0.25) is 0 Å². The van der Waals surface area contributed by atoms with Crippen LogP contribution < -0.4 is 14.8 Å². The van der Waals surface area contributed by atoms with Crippen molar-refractivity contribution in [3.05, 3.63) is 59.7 Å². The highest BCUT2D eigenvalue weighted by molar-refractivity contribution is 5.81. The van der Waals surface area contributed by atoms with Crippen LogP contribution in [0.25, 0.3) is 0 Å². The number of carboxylic acid groups (broad SMARTS) is 1. The van der Waals surface area contributed by atoms with Gasteiger partial charge in [0.15, 0.2) is 12.7 Å². The van der Waals surface area contributed by atoms with Gasteiger partial charge in [-0.05, 0) is 55.7 Å². The molecule has 0 radical (unpaired) electrons. The topological polar surface area (TPSA) is 84.9 Å². The van der Waals surface area contributed by atoms with Crippen LogP contribution in [0.5, 0.6) is 11.5 Å². The molecule has 1 amide bonds. The van der Waals surface area contributed by atoms with E-state index in [9.17, 15) is 9.59 Å². The van der Waals surface area contributed by atoms with Gasteiger partial charge < -0.3 is 19.9 Å². The first-order chi connectivity index (χ1) is 12.9. The number of amides is 1. The Balaban J connectivity index is 1.95. The molecule has 0 aliphatic rings. The molecule has 0 bridgehead atoms. The molecule has 2 aromatic rings. The number of nitrogens with one attached hydrogen (secondary N) is 1. The van der Waals surface area contributed by atoms with E-state index in [2.05, 4.69) is 5.32 Å². The van der Waals surface area contributed by atoms with Crippen LogP contribution in [0.15, 0.2) is 48.5 Å². The molecule has 0 fully saturated rings. The number of hydrogen-bond donors (Lipinski definition) is 2. The first kappa shape index (κ1) is 20.3. The van der Waals surface area contributed by atoms with Gasteiger partial charge in [-0.3, -0.25) is 4.79 Å². The Morgan fingerprint density at radius 1 is 1.11 bits per heavy atom. The third-order valence-electron chi connectivity index (χ3n) is 4.03. The van der Waals surface area contributed by atoms with Gasteiger partial charge in [0.05, 0.1) is 6.04 Å². The van der Waals surface area contributed by atoms with Crippen LogP contribution in [0.4, 0.5) is 0 Å². The number of aliphatic carboxylic acids is 1. The maximum absolute atomic E-state index is 12.6. The number of rotatable bonds is 9. The molecular formula is C21H25NO5. The first-order valence-corrected chi connectivity index (χ1v) is 8.87. The lowest BCUT2D eigenvalue weighted by molar-refractivity contribution is -0.139. The van der Waals surface area contributed by atoms with Crippen molar-refractivity contribution < 1.29 is 24.2 Å². The summed E-state index contributed by atoms with van der Waals surface area (Å²) in [5.41, 5.74) is 1.96. The van der Waals surface area contributed by atoms with Gasteiger partial charge in [0, 0.05) is 0 Å². The summed E-state index contributed by atoms with van der Waals surface area (Å²) in [5, 5.41) is 11.6. The summed E-state index contributed by atoms with van der Waals surface area (Å²) >= 11 is 0. The van der Waals surface area contributed by atoms with Crippen molar-refractivity contribution in [2.24, 2.45) is 0 Å². The minimum absolute atomic E-state index is 0.183. The lowest BCUT2D eigenvalue weighted by Crippen LogP contribution is -2.39. The average molecular weight is 371 g/mol. The normalized spacial score (nSPS) is 12.7. The molecule has 0 aromatic heterocycles. The zero-order valence-electron chi connectivity index (χ0n) is 15.8. The van der Waals surface area contributed by atoms with Crippen LogP contribution in [-0.4, -0.2) is 29.7 Å². The second-order valence-corrected chi connectivity index (χ2v) is 6.31. The fourth-order valence-corrected chi connectivity index (χ4v) is 2.56. The lowest BCUT2D eigenvalue weighted by atomic mass is 10.1. The molecule has 27 heavy (non-hydrogen) atoms. The van der Waals surface area contributed by atoms with Crippen molar-refractivity contribution in [3.63, 3.8) is 0 Å². The summed E-state index contributed by atoms with van der Waals surface area (Å²) in [6.45, 7) is 5.36. The average Bonchev–Trinajstić information content (AvgIpc) is 2.64. The minimum Gasteiger partial charge on any atom is -0.482 e. The molecule has 0 aliphatic carbocycles. The summed E-state index contributed by atoms with van der Waals surface area (Å²) in [6, 6.07) is 14.3. The van der Waals surface area contributed by atoms with E-state index in [1.165, 1.54) is 0 Å². The molecule has 0 saturated heterocycles. The highest BCUT2D eigenvalue weighted by atomic mass is 16.5. The minimum atomic E-state index is -1.03. The Hall–Kier alpha value is -3.02. The standard InChI is InChI=1S/C21H25NO5/c1-4-19(27-18-7-5-6-14(2)12-18)21(25)22-15(3)16-8-10-17(11-9-16)26-13-20(23)24/h5-12,15,19H,4,13H2,1-3H3,(H,22,25)(H,23,24). The zero-order valence-corrected chi connectivity index (χ0v) is 15.8. The van der Waals surface area contributed by atoms with Crippen LogP contribution >= 0.6 is 0 Å². The third kappa shape index (κ3) is 6.33. The zero-order chi connectivity index (χ0) is 19.8. The summed E-state index contributed by atoms with van der Waals surface area (Å²) in [4.78, 5) is 23.1. The van der Waals surface area contributed by atoms with Crippen molar-refractivity contribution in [2.75, 3.05) is 6.61 Å². The van der Waals surface area contributed by atoms with Gasteiger partial charge in [-0.15, -0.1) is 0 Å². The summed E-state index contributed by atoms with van der Waals surface area (Å²) in [7, 11) is 0. The molecule has 2 aromatic carbocycles. The molecule has 2 atom stereocenters. The largest absolute Gasteiger partial charge is 0.482 e. The van der Waals surface area contributed by atoms with Gasteiger partial charge in [-0.2, -0.15) is 0 Å².